The third-order valence-electron chi connectivity index (χ3n) is 5.94. The summed E-state index contributed by atoms with van der Waals surface area (Å²) in [5, 5.41) is 16.0. The molecular weight excluding hydrogens is 346 g/mol. The van der Waals surface area contributed by atoms with E-state index in [1.165, 1.54) is 10.8 Å². The van der Waals surface area contributed by atoms with Crippen molar-refractivity contribution in [1.29, 1.82) is 0 Å². The molecule has 5 rings (SSSR count). The second kappa shape index (κ2) is 5.96. The first-order valence-corrected chi connectivity index (χ1v) is 9.77. The molecule has 0 bridgehead atoms. The summed E-state index contributed by atoms with van der Waals surface area (Å²) in [6.45, 7) is 4.34. The van der Waals surface area contributed by atoms with E-state index < -0.39 is 0 Å². The van der Waals surface area contributed by atoms with Crippen molar-refractivity contribution in [3.05, 3.63) is 77.4 Å². The summed E-state index contributed by atoms with van der Waals surface area (Å²) in [4.78, 5) is 13.3. The number of carbonyl (C=O) groups is 1. The molecule has 1 atom stereocenters. The number of rotatable bonds is 1. The van der Waals surface area contributed by atoms with Gasteiger partial charge in [-0.2, -0.15) is 0 Å². The van der Waals surface area contributed by atoms with Crippen molar-refractivity contribution in [2.75, 3.05) is 5.32 Å². The molecule has 1 heterocycles. The number of fused-ring (bicyclic) bond motifs is 4. The maximum absolute atomic E-state index is 13.3. The highest BCUT2D eigenvalue weighted by molar-refractivity contribution is 6.12. The number of aromatic hydroxyl groups is 1. The molecule has 140 valence electrons. The highest BCUT2D eigenvalue weighted by Crippen LogP contribution is 2.52. The van der Waals surface area contributed by atoms with Crippen molar-refractivity contribution >= 4 is 27.8 Å². The van der Waals surface area contributed by atoms with Gasteiger partial charge >= 0.3 is 0 Å². The number of allylic oxidation sites excluding steroid dienone is 1. The minimum Gasteiger partial charge on any atom is -0.508 e. The lowest BCUT2D eigenvalue weighted by Gasteiger charge is -2.40. The zero-order valence-electron chi connectivity index (χ0n) is 16.1. The number of hydrogen-bond donors (Lipinski definition) is 2. The van der Waals surface area contributed by atoms with Crippen LogP contribution in [0.5, 0.6) is 5.75 Å². The average molecular weight is 369 g/mol. The van der Waals surface area contributed by atoms with Gasteiger partial charge in [0.2, 0.25) is 0 Å². The lowest BCUT2D eigenvalue weighted by Crippen LogP contribution is -2.33. The van der Waals surface area contributed by atoms with Gasteiger partial charge in [-0.3, -0.25) is 4.79 Å². The Morgan fingerprint density at radius 1 is 1.00 bits per heavy atom. The molecule has 0 aromatic heterocycles. The van der Waals surface area contributed by atoms with Gasteiger partial charge in [0.05, 0.1) is 6.04 Å². The molecule has 0 spiro atoms. The average Bonchev–Trinajstić information content (AvgIpc) is 2.66. The van der Waals surface area contributed by atoms with E-state index in [2.05, 4.69) is 49.5 Å². The predicted molar refractivity (Wildman–Crippen MR) is 113 cm³/mol. The fourth-order valence-electron chi connectivity index (χ4n) is 4.79. The standard InChI is InChI=1S/C25H23NO2/c1-25(2)13-19-22-18-9-4-3-6-15(18)10-11-20(22)26-24(23(19)21(28)14-25)16-7-5-8-17(27)12-16/h3-12,24,26-27H,13-14H2,1-2H3/t24-/m1/s1. The van der Waals surface area contributed by atoms with Crippen molar-refractivity contribution in [2.24, 2.45) is 5.41 Å². The highest BCUT2D eigenvalue weighted by Gasteiger charge is 2.40. The van der Waals surface area contributed by atoms with Crippen LogP contribution in [0.3, 0.4) is 0 Å². The maximum atomic E-state index is 13.3. The number of anilines is 1. The summed E-state index contributed by atoms with van der Waals surface area (Å²) in [7, 11) is 0. The first-order chi connectivity index (χ1) is 13.4. The van der Waals surface area contributed by atoms with E-state index >= 15 is 0 Å². The molecular formula is C25H23NO2. The van der Waals surface area contributed by atoms with E-state index in [9.17, 15) is 9.90 Å². The van der Waals surface area contributed by atoms with E-state index in [4.69, 9.17) is 0 Å². The molecule has 0 radical (unpaired) electrons. The molecule has 3 aromatic rings. The molecule has 3 heteroatoms. The number of phenols is 1. The largest absolute Gasteiger partial charge is 0.508 e. The summed E-state index contributed by atoms with van der Waals surface area (Å²) in [6.07, 6.45) is 1.41. The number of ketones is 1. The highest BCUT2D eigenvalue weighted by atomic mass is 16.3. The van der Waals surface area contributed by atoms with Crippen LogP contribution in [0.4, 0.5) is 5.69 Å². The fraction of sp³-hybridized carbons (Fsp3) is 0.240. The van der Waals surface area contributed by atoms with Crippen LogP contribution in [0.1, 0.15) is 43.9 Å². The Balaban J connectivity index is 1.81. The smallest absolute Gasteiger partial charge is 0.162 e. The molecule has 28 heavy (non-hydrogen) atoms. The molecule has 0 saturated heterocycles. The van der Waals surface area contributed by atoms with Gasteiger partial charge in [-0.1, -0.05) is 56.3 Å². The Labute approximate surface area is 164 Å². The Hall–Kier alpha value is -3.07. The van der Waals surface area contributed by atoms with Crippen LogP contribution in [-0.4, -0.2) is 10.9 Å². The van der Waals surface area contributed by atoms with Crippen molar-refractivity contribution in [3.63, 3.8) is 0 Å². The normalized spacial score (nSPS) is 20.5. The molecule has 0 amide bonds. The summed E-state index contributed by atoms with van der Waals surface area (Å²) >= 11 is 0. The summed E-state index contributed by atoms with van der Waals surface area (Å²) in [5.74, 6) is 0.417. The minimum absolute atomic E-state index is 0.0646. The van der Waals surface area contributed by atoms with Gasteiger partial charge in [0.1, 0.15) is 5.75 Å². The zero-order valence-corrected chi connectivity index (χ0v) is 16.1. The third-order valence-corrected chi connectivity index (χ3v) is 5.94. The molecule has 3 aromatic carbocycles. The van der Waals surface area contributed by atoms with Crippen LogP contribution in [-0.2, 0) is 4.79 Å². The number of benzene rings is 3. The van der Waals surface area contributed by atoms with Crippen LogP contribution < -0.4 is 5.32 Å². The molecule has 0 fully saturated rings. The Morgan fingerprint density at radius 2 is 1.82 bits per heavy atom. The van der Waals surface area contributed by atoms with Crippen LogP contribution in [0.15, 0.2) is 66.2 Å². The van der Waals surface area contributed by atoms with Gasteiger partial charge in [-0.25, -0.2) is 0 Å². The zero-order chi connectivity index (χ0) is 19.5. The molecule has 0 saturated carbocycles. The molecule has 1 aliphatic heterocycles. The molecule has 0 unspecified atom stereocenters. The van der Waals surface area contributed by atoms with Crippen molar-refractivity contribution in [2.45, 2.75) is 32.7 Å². The van der Waals surface area contributed by atoms with Gasteiger partial charge in [0, 0.05) is 23.2 Å². The van der Waals surface area contributed by atoms with E-state index in [1.807, 2.05) is 18.2 Å². The van der Waals surface area contributed by atoms with Crippen LogP contribution in [0.25, 0.3) is 16.3 Å². The summed E-state index contributed by atoms with van der Waals surface area (Å²) in [6, 6.07) is 19.6. The molecule has 3 nitrogen and oxygen atoms in total. The van der Waals surface area contributed by atoms with Crippen LogP contribution >= 0.6 is 0 Å². The fourth-order valence-corrected chi connectivity index (χ4v) is 4.79. The van der Waals surface area contributed by atoms with E-state index in [1.54, 1.807) is 12.1 Å². The summed E-state index contributed by atoms with van der Waals surface area (Å²) < 4.78 is 0. The topological polar surface area (TPSA) is 49.3 Å². The Bertz CT molecular complexity index is 1160. The second-order valence-electron chi connectivity index (χ2n) is 8.71. The lowest BCUT2D eigenvalue weighted by atomic mass is 9.68. The van der Waals surface area contributed by atoms with E-state index in [0.717, 1.165) is 34.4 Å². The number of Topliss-reactive ketones (excluding diaryl/α,β-unsaturated/α-hetero) is 1. The van der Waals surface area contributed by atoms with E-state index in [0.29, 0.717) is 6.42 Å². The first-order valence-electron chi connectivity index (χ1n) is 9.77. The van der Waals surface area contributed by atoms with Crippen LogP contribution in [0.2, 0.25) is 0 Å². The second-order valence-corrected chi connectivity index (χ2v) is 8.71. The van der Waals surface area contributed by atoms with Gasteiger partial charge in [-0.15, -0.1) is 0 Å². The number of carbonyl (C=O) groups excluding carboxylic acids is 1. The minimum atomic E-state index is -0.237. The summed E-state index contributed by atoms with van der Waals surface area (Å²) in [5.41, 5.74) is 5.07. The number of hydrogen-bond acceptors (Lipinski definition) is 3. The monoisotopic (exact) mass is 369 g/mol. The lowest BCUT2D eigenvalue weighted by molar-refractivity contribution is -0.118. The number of nitrogens with one attached hydrogen (secondary N) is 1. The van der Waals surface area contributed by atoms with Gasteiger partial charge in [-0.05, 0) is 51.9 Å². The van der Waals surface area contributed by atoms with Gasteiger partial charge in [0.25, 0.3) is 0 Å². The third kappa shape index (κ3) is 2.62. The Morgan fingerprint density at radius 3 is 2.64 bits per heavy atom. The van der Waals surface area contributed by atoms with Gasteiger partial charge in [0.15, 0.2) is 5.78 Å². The Kier molecular flexibility index (Phi) is 3.63. The number of phenolic OH excluding ortho intramolecular Hbond substituents is 1. The molecule has 2 aliphatic rings. The van der Waals surface area contributed by atoms with Gasteiger partial charge < -0.3 is 10.4 Å². The first kappa shape index (κ1) is 17.1. The maximum Gasteiger partial charge on any atom is 0.162 e. The van der Waals surface area contributed by atoms with Crippen molar-refractivity contribution < 1.29 is 9.90 Å². The van der Waals surface area contributed by atoms with Crippen LogP contribution in [0, 0.1) is 5.41 Å². The van der Waals surface area contributed by atoms with Crippen molar-refractivity contribution in [3.8, 4) is 5.75 Å². The van der Waals surface area contributed by atoms with E-state index in [-0.39, 0.29) is 23.0 Å². The van der Waals surface area contributed by atoms with Crippen molar-refractivity contribution in [1.82, 2.24) is 0 Å². The quantitative estimate of drug-likeness (QED) is 0.565. The predicted octanol–water partition coefficient (Wildman–Crippen LogP) is 5.85. The SMILES string of the molecule is CC1(C)CC(=O)C2=C(C1)c1c(ccc3ccccc13)N[C@@H]2c1cccc(O)c1. The molecule has 2 N–H and O–H groups in total. The molecule has 1 aliphatic carbocycles.